The smallest absolute Gasteiger partial charge is 0.256 e. The Labute approximate surface area is 114 Å². The fourth-order valence-electron chi connectivity index (χ4n) is 1.23. The number of carbonyl (C=O) groups excluding carboxylic acids is 1. The van der Waals surface area contributed by atoms with Crippen LogP contribution in [0.1, 0.15) is 17.3 Å². The molecule has 1 heterocycles. The summed E-state index contributed by atoms with van der Waals surface area (Å²) >= 11 is 9.15. The van der Waals surface area contributed by atoms with Crippen molar-refractivity contribution >= 4 is 33.4 Å². The third-order valence-electron chi connectivity index (χ3n) is 2.16. The van der Waals surface area contributed by atoms with Gasteiger partial charge in [-0.3, -0.25) is 4.79 Å². The van der Waals surface area contributed by atoms with Gasteiger partial charge in [0.15, 0.2) is 0 Å². The van der Waals surface area contributed by atoms with Crippen molar-refractivity contribution in [1.82, 2.24) is 9.88 Å². The summed E-state index contributed by atoms with van der Waals surface area (Å²) in [4.78, 5) is 17.5. The van der Waals surface area contributed by atoms with Gasteiger partial charge in [-0.2, -0.15) is 0 Å². The molecular formula is C11H14BrClN2O2. The summed E-state index contributed by atoms with van der Waals surface area (Å²) in [5.74, 6) is -0.163. The van der Waals surface area contributed by atoms with Gasteiger partial charge in [-0.25, -0.2) is 4.98 Å². The van der Waals surface area contributed by atoms with Crippen LogP contribution in [0.4, 0.5) is 0 Å². The summed E-state index contributed by atoms with van der Waals surface area (Å²) in [5.41, 5.74) is 0.389. The summed E-state index contributed by atoms with van der Waals surface area (Å²) in [6, 6.07) is 1.66. The van der Waals surface area contributed by atoms with Crippen LogP contribution < -0.4 is 0 Å². The number of nitrogens with zero attached hydrogens (tertiary/aromatic N) is 2. The van der Waals surface area contributed by atoms with Gasteiger partial charge in [0.05, 0.1) is 12.2 Å². The van der Waals surface area contributed by atoms with Crippen molar-refractivity contribution in [2.75, 3.05) is 26.8 Å². The first kappa shape index (κ1) is 14.4. The lowest BCUT2D eigenvalue weighted by molar-refractivity contribution is 0.0709. The average molecular weight is 322 g/mol. The number of likely N-dealkylation sites (N-methyl/N-ethyl adjacent to an activating group) is 1. The Bertz CT molecular complexity index is 401. The van der Waals surface area contributed by atoms with Gasteiger partial charge in [-0.05, 0) is 28.9 Å². The molecule has 1 amide bonds. The number of aromatic nitrogens is 1. The summed E-state index contributed by atoms with van der Waals surface area (Å²) in [6.45, 7) is 3.59. The first-order valence-electron chi connectivity index (χ1n) is 5.20. The minimum atomic E-state index is -0.163. The molecule has 0 radical (unpaired) electrons. The topological polar surface area (TPSA) is 42.4 Å². The highest BCUT2D eigenvalue weighted by molar-refractivity contribution is 9.10. The molecule has 17 heavy (non-hydrogen) atoms. The third-order valence-corrected chi connectivity index (χ3v) is 2.89. The third kappa shape index (κ3) is 4.26. The highest BCUT2D eigenvalue weighted by atomic mass is 79.9. The Balaban J connectivity index is 2.71. The van der Waals surface area contributed by atoms with Crippen LogP contribution >= 0.6 is 27.5 Å². The lowest BCUT2D eigenvalue weighted by Gasteiger charge is -2.17. The molecule has 94 valence electrons. The van der Waals surface area contributed by atoms with Crippen molar-refractivity contribution < 1.29 is 9.53 Å². The lowest BCUT2D eigenvalue weighted by Crippen LogP contribution is -2.30. The first-order valence-corrected chi connectivity index (χ1v) is 6.37. The molecule has 1 rings (SSSR count). The molecule has 0 fully saturated rings. The van der Waals surface area contributed by atoms with Crippen LogP contribution in [0.3, 0.4) is 0 Å². The Morgan fingerprint density at radius 1 is 1.65 bits per heavy atom. The summed E-state index contributed by atoms with van der Waals surface area (Å²) in [5, 5.41) is 0.210. The fourth-order valence-corrected chi connectivity index (χ4v) is 1.74. The number of carbonyl (C=O) groups is 1. The Morgan fingerprint density at radius 3 is 3.00 bits per heavy atom. The highest BCUT2D eigenvalue weighted by Gasteiger charge is 2.16. The molecule has 1 aromatic heterocycles. The van der Waals surface area contributed by atoms with E-state index in [1.54, 1.807) is 24.2 Å². The first-order chi connectivity index (χ1) is 8.06. The quantitative estimate of drug-likeness (QED) is 0.618. The molecule has 0 unspecified atom stereocenters. The van der Waals surface area contributed by atoms with Crippen LogP contribution in [0, 0.1) is 0 Å². The van der Waals surface area contributed by atoms with E-state index in [0.717, 1.165) is 4.47 Å². The lowest BCUT2D eigenvalue weighted by atomic mass is 10.2. The van der Waals surface area contributed by atoms with Crippen molar-refractivity contribution in [3.05, 3.63) is 27.5 Å². The number of pyridine rings is 1. The van der Waals surface area contributed by atoms with Gasteiger partial charge in [0.2, 0.25) is 0 Å². The number of amides is 1. The number of hydrogen-bond donors (Lipinski definition) is 0. The van der Waals surface area contributed by atoms with E-state index >= 15 is 0 Å². The van der Waals surface area contributed by atoms with Crippen LogP contribution in [-0.2, 0) is 4.74 Å². The summed E-state index contributed by atoms with van der Waals surface area (Å²) in [6.07, 6.45) is 1.55. The molecular weight excluding hydrogens is 307 g/mol. The fraction of sp³-hybridized carbons (Fsp3) is 0.455. The van der Waals surface area contributed by atoms with Gasteiger partial charge >= 0.3 is 0 Å². The number of ether oxygens (including phenoxy) is 1. The molecule has 0 saturated carbocycles. The largest absolute Gasteiger partial charge is 0.380 e. The van der Waals surface area contributed by atoms with Gasteiger partial charge in [0, 0.05) is 30.9 Å². The Kier molecular flexibility index (Phi) is 5.88. The van der Waals surface area contributed by atoms with E-state index < -0.39 is 0 Å². The number of hydrogen-bond acceptors (Lipinski definition) is 3. The molecule has 6 heteroatoms. The zero-order valence-corrected chi connectivity index (χ0v) is 12.1. The normalized spacial score (nSPS) is 10.4. The summed E-state index contributed by atoms with van der Waals surface area (Å²) < 4.78 is 5.92. The second-order valence-corrected chi connectivity index (χ2v) is 4.69. The predicted molar refractivity (Wildman–Crippen MR) is 70.4 cm³/mol. The molecule has 0 bridgehead atoms. The number of rotatable bonds is 5. The van der Waals surface area contributed by atoms with E-state index in [1.165, 1.54) is 0 Å². The van der Waals surface area contributed by atoms with Gasteiger partial charge in [0.25, 0.3) is 5.91 Å². The molecule has 0 aliphatic carbocycles. The SMILES string of the molecule is CCOCCN(C)C(=O)c1cc(Br)cnc1Cl. The molecule has 0 atom stereocenters. The molecule has 0 aliphatic rings. The van der Waals surface area contributed by atoms with Crippen LogP contribution in [0.2, 0.25) is 5.15 Å². The zero-order valence-electron chi connectivity index (χ0n) is 9.74. The maximum atomic E-state index is 12.0. The van der Waals surface area contributed by atoms with Crippen LogP contribution in [0.15, 0.2) is 16.7 Å². The van der Waals surface area contributed by atoms with E-state index in [1.807, 2.05) is 6.92 Å². The standard InChI is InChI=1S/C11H14BrClN2O2/c1-3-17-5-4-15(2)11(16)9-6-8(12)7-14-10(9)13/h6-7H,3-5H2,1-2H3. The van der Waals surface area contributed by atoms with Gasteiger partial charge < -0.3 is 9.64 Å². The molecule has 0 saturated heterocycles. The van der Waals surface area contributed by atoms with Crippen LogP contribution in [0.25, 0.3) is 0 Å². The molecule has 0 N–H and O–H groups in total. The van der Waals surface area contributed by atoms with E-state index in [0.29, 0.717) is 25.3 Å². The van der Waals surface area contributed by atoms with E-state index in [9.17, 15) is 4.79 Å². The van der Waals surface area contributed by atoms with Crippen molar-refractivity contribution in [3.63, 3.8) is 0 Å². The second-order valence-electron chi connectivity index (χ2n) is 3.42. The van der Waals surface area contributed by atoms with Gasteiger partial charge in [-0.15, -0.1) is 0 Å². The zero-order chi connectivity index (χ0) is 12.8. The van der Waals surface area contributed by atoms with E-state index in [4.69, 9.17) is 16.3 Å². The average Bonchev–Trinajstić information content (AvgIpc) is 2.31. The van der Waals surface area contributed by atoms with Crippen molar-refractivity contribution in [2.24, 2.45) is 0 Å². The molecule has 0 aromatic carbocycles. The van der Waals surface area contributed by atoms with Crippen molar-refractivity contribution in [2.45, 2.75) is 6.92 Å². The highest BCUT2D eigenvalue weighted by Crippen LogP contribution is 2.19. The van der Waals surface area contributed by atoms with Crippen LogP contribution in [0.5, 0.6) is 0 Å². The molecule has 1 aromatic rings. The molecule has 0 spiro atoms. The molecule has 0 aliphatic heterocycles. The minimum absolute atomic E-state index is 0.163. The maximum absolute atomic E-state index is 12.0. The van der Waals surface area contributed by atoms with Crippen molar-refractivity contribution in [1.29, 1.82) is 0 Å². The Morgan fingerprint density at radius 2 is 2.35 bits per heavy atom. The van der Waals surface area contributed by atoms with Gasteiger partial charge in [-0.1, -0.05) is 11.6 Å². The minimum Gasteiger partial charge on any atom is -0.380 e. The Hall–Kier alpha value is -0.650. The summed E-state index contributed by atoms with van der Waals surface area (Å²) in [7, 11) is 1.71. The maximum Gasteiger partial charge on any atom is 0.256 e. The predicted octanol–water partition coefficient (Wildman–Crippen LogP) is 2.61. The molecule has 4 nitrogen and oxygen atoms in total. The monoisotopic (exact) mass is 320 g/mol. The van der Waals surface area contributed by atoms with Gasteiger partial charge in [0.1, 0.15) is 5.15 Å². The second kappa shape index (κ2) is 6.93. The van der Waals surface area contributed by atoms with E-state index in [2.05, 4.69) is 20.9 Å². The number of halogens is 2. The van der Waals surface area contributed by atoms with Crippen molar-refractivity contribution in [3.8, 4) is 0 Å². The van der Waals surface area contributed by atoms with E-state index in [-0.39, 0.29) is 11.1 Å². The van der Waals surface area contributed by atoms with Crippen LogP contribution in [-0.4, -0.2) is 42.6 Å².